The fourth-order valence-electron chi connectivity index (χ4n) is 2.54. The van der Waals surface area contributed by atoms with Gasteiger partial charge in [-0.1, -0.05) is 0 Å². The monoisotopic (exact) mass is 273 g/mol. The Hall–Kier alpha value is -1.42. The molecule has 0 fully saturated rings. The van der Waals surface area contributed by atoms with Gasteiger partial charge in [0.15, 0.2) is 0 Å². The topological polar surface area (TPSA) is 29.0 Å². The summed E-state index contributed by atoms with van der Waals surface area (Å²) in [5, 5.41) is 1.24. The first-order valence-corrected chi connectivity index (χ1v) is 7.65. The van der Waals surface area contributed by atoms with Crippen molar-refractivity contribution in [3.8, 4) is 0 Å². The average Bonchev–Trinajstić information content (AvgIpc) is 2.80. The van der Waals surface area contributed by atoms with E-state index in [-0.39, 0.29) is 0 Å². The number of hydrogen-bond acceptors (Lipinski definition) is 4. The second kappa shape index (κ2) is 5.29. The van der Waals surface area contributed by atoms with Gasteiger partial charge in [0, 0.05) is 29.5 Å². The van der Waals surface area contributed by atoms with Gasteiger partial charge in [-0.2, -0.15) is 0 Å². The first-order chi connectivity index (χ1) is 9.22. The number of hydrogen-bond donors (Lipinski definition) is 0. The maximum absolute atomic E-state index is 4.80. The zero-order valence-electron chi connectivity index (χ0n) is 11.5. The molecule has 1 aliphatic carbocycles. The minimum absolute atomic E-state index is 0.890. The van der Waals surface area contributed by atoms with Crippen LogP contribution in [0.5, 0.6) is 0 Å². The molecule has 0 spiro atoms. The lowest BCUT2D eigenvalue weighted by atomic mass is 10.0. The van der Waals surface area contributed by atoms with E-state index in [0.29, 0.717) is 0 Å². The van der Waals surface area contributed by atoms with Crippen LogP contribution in [0.1, 0.15) is 34.1 Å². The van der Waals surface area contributed by atoms with Crippen LogP contribution in [0.25, 0.3) is 0 Å². The molecular formula is C15H19N3S. The number of pyridine rings is 1. The number of aromatic nitrogens is 2. The number of aryl methyl sites for hydroxylation is 3. The summed E-state index contributed by atoms with van der Waals surface area (Å²) in [7, 11) is 2.12. The van der Waals surface area contributed by atoms with Crippen LogP contribution < -0.4 is 4.90 Å². The van der Waals surface area contributed by atoms with E-state index in [2.05, 4.69) is 29.1 Å². The van der Waals surface area contributed by atoms with Crippen molar-refractivity contribution in [1.82, 2.24) is 9.97 Å². The summed E-state index contributed by atoms with van der Waals surface area (Å²) in [5.41, 5.74) is 3.62. The molecule has 0 aliphatic heterocycles. The van der Waals surface area contributed by atoms with Gasteiger partial charge in [0.2, 0.25) is 0 Å². The van der Waals surface area contributed by atoms with E-state index in [0.717, 1.165) is 12.2 Å². The van der Waals surface area contributed by atoms with Crippen molar-refractivity contribution in [2.24, 2.45) is 0 Å². The van der Waals surface area contributed by atoms with Crippen LogP contribution in [0.3, 0.4) is 0 Å². The van der Waals surface area contributed by atoms with Gasteiger partial charge in [-0.05, 0) is 44.7 Å². The van der Waals surface area contributed by atoms with Crippen molar-refractivity contribution in [3.63, 3.8) is 0 Å². The fourth-order valence-corrected chi connectivity index (χ4v) is 3.75. The molecule has 0 aromatic carbocycles. The van der Waals surface area contributed by atoms with Crippen LogP contribution in [0, 0.1) is 6.92 Å². The second-order valence-electron chi connectivity index (χ2n) is 5.20. The number of thiazole rings is 1. The standard InChI is InChI=1S/C15H19N3S/c1-11-9-12(7-8-16-11)18(2)10-15-17-13-5-3-4-6-14(13)19-15/h7-9H,3-6,10H2,1-2H3. The van der Waals surface area contributed by atoms with E-state index in [9.17, 15) is 0 Å². The molecule has 2 aromatic heterocycles. The van der Waals surface area contributed by atoms with Crippen LogP contribution in [0.2, 0.25) is 0 Å². The van der Waals surface area contributed by atoms with Gasteiger partial charge in [-0.25, -0.2) is 4.98 Å². The molecule has 19 heavy (non-hydrogen) atoms. The van der Waals surface area contributed by atoms with E-state index in [1.54, 1.807) is 0 Å². The van der Waals surface area contributed by atoms with Gasteiger partial charge < -0.3 is 4.90 Å². The number of fused-ring (bicyclic) bond motifs is 1. The van der Waals surface area contributed by atoms with Crippen LogP contribution in [0.4, 0.5) is 5.69 Å². The molecular weight excluding hydrogens is 254 g/mol. The molecule has 2 aromatic rings. The summed E-state index contributed by atoms with van der Waals surface area (Å²) in [6, 6.07) is 4.17. The molecule has 0 atom stereocenters. The quantitative estimate of drug-likeness (QED) is 0.858. The number of nitrogens with zero attached hydrogens (tertiary/aromatic N) is 3. The Morgan fingerprint density at radius 2 is 2.16 bits per heavy atom. The molecule has 0 radical (unpaired) electrons. The van der Waals surface area contributed by atoms with Gasteiger partial charge in [0.25, 0.3) is 0 Å². The molecule has 3 rings (SSSR count). The van der Waals surface area contributed by atoms with Gasteiger partial charge in [-0.3, -0.25) is 4.98 Å². The smallest absolute Gasteiger partial charge is 0.112 e. The van der Waals surface area contributed by atoms with Crippen molar-refractivity contribution in [2.45, 2.75) is 39.2 Å². The number of rotatable bonds is 3. The summed E-state index contributed by atoms with van der Waals surface area (Å²) in [6.07, 6.45) is 6.90. The Kier molecular flexibility index (Phi) is 3.51. The van der Waals surface area contributed by atoms with Crippen molar-refractivity contribution >= 4 is 17.0 Å². The zero-order chi connectivity index (χ0) is 13.2. The molecule has 0 saturated carbocycles. The SMILES string of the molecule is Cc1cc(N(C)Cc2nc3c(s2)CCCC3)ccn1. The maximum atomic E-state index is 4.80. The highest BCUT2D eigenvalue weighted by molar-refractivity contribution is 7.11. The molecule has 0 N–H and O–H groups in total. The summed E-state index contributed by atoms with van der Waals surface area (Å²) < 4.78 is 0. The third kappa shape index (κ3) is 2.78. The van der Waals surface area contributed by atoms with Crippen LogP contribution in [-0.4, -0.2) is 17.0 Å². The molecule has 1 aliphatic rings. The molecule has 0 saturated heterocycles. The number of anilines is 1. The predicted molar refractivity (Wildman–Crippen MR) is 79.8 cm³/mol. The third-order valence-electron chi connectivity index (χ3n) is 3.58. The lowest BCUT2D eigenvalue weighted by Gasteiger charge is -2.17. The molecule has 0 unspecified atom stereocenters. The maximum Gasteiger partial charge on any atom is 0.112 e. The Morgan fingerprint density at radius 1 is 1.32 bits per heavy atom. The summed E-state index contributed by atoms with van der Waals surface area (Å²) in [5.74, 6) is 0. The molecule has 0 amide bonds. The van der Waals surface area contributed by atoms with Gasteiger partial charge in [0.1, 0.15) is 5.01 Å². The van der Waals surface area contributed by atoms with Crippen molar-refractivity contribution in [1.29, 1.82) is 0 Å². The molecule has 0 bridgehead atoms. The van der Waals surface area contributed by atoms with E-state index in [1.807, 2.05) is 24.5 Å². The Morgan fingerprint density at radius 3 is 2.95 bits per heavy atom. The van der Waals surface area contributed by atoms with Crippen molar-refractivity contribution in [2.75, 3.05) is 11.9 Å². The second-order valence-corrected chi connectivity index (χ2v) is 6.36. The highest BCUT2D eigenvalue weighted by Crippen LogP contribution is 2.28. The van der Waals surface area contributed by atoms with Gasteiger partial charge in [0.05, 0.1) is 12.2 Å². The fraction of sp³-hybridized carbons (Fsp3) is 0.467. The highest BCUT2D eigenvalue weighted by atomic mass is 32.1. The summed E-state index contributed by atoms with van der Waals surface area (Å²) >= 11 is 1.89. The summed E-state index contributed by atoms with van der Waals surface area (Å²) in [4.78, 5) is 12.8. The van der Waals surface area contributed by atoms with Crippen LogP contribution in [-0.2, 0) is 19.4 Å². The Bertz CT molecular complexity index is 553. The first-order valence-electron chi connectivity index (χ1n) is 6.83. The van der Waals surface area contributed by atoms with E-state index >= 15 is 0 Å². The predicted octanol–water partition coefficient (Wildman–Crippen LogP) is 3.36. The normalized spacial score (nSPS) is 14.2. The van der Waals surface area contributed by atoms with Crippen LogP contribution in [0.15, 0.2) is 18.3 Å². The minimum atomic E-state index is 0.890. The molecule has 4 heteroatoms. The first kappa shape index (κ1) is 12.6. The lowest BCUT2D eigenvalue weighted by Crippen LogP contribution is -2.16. The lowest BCUT2D eigenvalue weighted by molar-refractivity contribution is 0.680. The highest BCUT2D eigenvalue weighted by Gasteiger charge is 2.15. The third-order valence-corrected chi connectivity index (χ3v) is 4.73. The van der Waals surface area contributed by atoms with E-state index < -0.39 is 0 Å². The van der Waals surface area contributed by atoms with Crippen molar-refractivity contribution in [3.05, 3.63) is 39.6 Å². The molecule has 2 heterocycles. The zero-order valence-corrected chi connectivity index (χ0v) is 12.3. The van der Waals surface area contributed by atoms with Crippen LogP contribution >= 0.6 is 11.3 Å². The average molecular weight is 273 g/mol. The Labute approximate surface area is 118 Å². The van der Waals surface area contributed by atoms with E-state index in [1.165, 1.54) is 46.9 Å². The largest absolute Gasteiger partial charge is 0.368 e. The van der Waals surface area contributed by atoms with Gasteiger partial charge in [-0.15, -0.1) is 11.3 Å². The van der Waals surface area contributed by atoms with Gasteiger partial charge >= 0.3 is 0 Å². The summed E-state index contributed by atoms with van der Waals surface area (Å²) in [6.45, 7) is 2.92. The molecule has 100 valence electrons. The Balaban J connectivity index is 1.75. The van der Waals surface area contributed by atoms with E-state index in [4.69, 9.17) is 4.98 Å². The minimum Gasteiger partial charge on any atom is -0.368 e. The van der Waals surface area contributed by atoms with Crippen molar-refractivity contribution < 1.29 is 0 Å². The molecule has 3 nitrogen and oxygen atoms in total.